The Balaban J connectivity index is 2.45. The van der Waals surface area contributed by atoms with E-state index in [9.17, 15) is 14.4 Å². The number of hydrogen-bond acceptors (Lipinski definition) is 4. The smallest absolute Gasteiger partial charge is 0.332 e. The summed E-state index contributed by atoms with van der Waals surface area (Å²) < 4.78 is 3.86. The van der Waals surface area contributed by atoms with Crippen LogP contribution in [-0.4, -0.2) is 31.1 Å². The quantitative estimate of drug-likeness (QED) is 0.615. The van der Waals surface area contributed by atoms with Gasteiger partial charge in [0.1, 0.15) is 0 Å². The highest BCUT2D eigenvalue weighted by Gasteiger charge is 2.17. The molecule has 0 radical (unpaired) electrons. The average Bonchev–Trinajstić information content (AvgIpc) is 2.76. The van der Waals surface area contributed by atoms with Crippen LogP contribution in [0.5, 0.6) is 0 Å². The van der Waals surface area contributed by atoms with Crippen LogP contribution in [0.4, 0.5) is 0 Å². The Hall–Kier alpha value is -2.09. The SMILES string of the molecule is CC(=O)NCCCn1c(Cl)nc2c1c(=O)n(C)c(=O)n2C. The number of nitrogens with one attached hydrogen (secondary N) is 1. The van der Waals surface area contributed by atoms with Crippen molar-refractivity contribution in [1.82, 2.24) is 24.0 Å². The summed E-state index contributed by atoms with van der Waals surface area (Å²) in [6.07, 6.45) is 0.594. The van der Waals surface area contributed by atoms with Gasteiger partial charge in [0.15, 0.2) is 11.2 Å². The van der Waals surface area contributed by atoms with Crippen LogP contribution in [0.25, 0.3) is 11.2 Å². The van der Waals surface area contributed by atoms with Gasteiger partial charge in [0.05, 0.1) is 0 Å². The third kappa shape index (κ3) is 2.71. The van der Waals surface area contributed by atoms with E-state index < -0.39 is 11.2 Å². The molecule has 0 saturated heterocycles. The molecule has 0 fully saturated rings. The van der Waals surface area contributed by atoms with E-state index >= 15 is 0 Å². The summed E-state index contributed by atoms with van der Waals surface area (Å²) in [6.45, 7) is 2.32. The summed E-state index contributed by atoms with van der Waals surface area (Å²) in [5.41, 5.74) is -0.348. The number of fused-ring (bicyclic) bond motifs is 1. The van der Waals surface area contributed by atoms with Gasteiger partial charge in [-0.15, -0.1) is 0 Å². The van der Waals surface area contributed by atoms with Crippen molar-refractivity contribution >= 4 is 28.7 Å². The maximum Gasteiger partial charge on any atom is 0.332 e. The highest BCUT2D eigenvalue weighted by molar-refractivity contribution is 6.29. The van der Waals surface area contributed by atoms with Gasteiger partial charge in [-0.3, -0.25) is 18.7 Å². The Labute approximate surface area is 125 Å². The van der Waals surface area contributed by atoms with Gasteiger partial charge in [-0.05, 0) is 18.0 Å². The predicted molar refractivity (Wildman–Crippen MR) is 78.5 cm³/mol. The standard InChI is InChI=1S/C12H16ClN5O3/c1-7(19)14-5-4-6-18-8-9(15-11(18)13)16(2)12(21)17(3)10(8)20/h4-6H2,1-3H3,(H,14,19). The molecule has 0 aliphatic carbocycles. The summed E-state index contributed by atoms with van der Waals surface area (Å²) in [5.74, 6) is -0.116. The summed E-state index contributed by atoms with van der Waals surface area (Å²) in [6, 6.07) is 0. The minimum Gasteiger partial charge on any atom is -0.356 e. The van der Waals surface area contributed by atoms with Crippen LogP contribution in [0, 0.1) is 0 Å². The van der Waals surface area contributed by atoms with Crippen LogP contribution in [0.15, 0.2) is 9.59 Å². The lowest BCUT2D eigenvalue weighted by molar-refractivity contribution is -0.118. The number of carbonyl (C=O) groups is 1. The highest BCUT2D eigenvalue weighted by Crippen LogP contribution is 2.15. The first kappa shape index (κ1) is 15.3. The molecule has 21 heavy (non-hydrogen) atoms. The number of halogens is 1. The van der Waals surface area contributed by atoms with Crippen molar-refractivity contribution in [1.29, 1.82) is 0 Å². The molecule has 2 heterocycles. The first-order chi connectivity index (χ1) is 9.84. The zero-order valence-corrected chi connectivity index (χ0v) is 12.8. The molecular weight excluding hydrogens is 298 g/mol. The van der Waals surface area contributed by atoms with Crippen LogP contribution in [0.3, 0.4) is 0 Å². The van der Waals surface area contributed by atoms with Crippen molar-refractivity contribution in [2.75, 3.05) is 6.54 Å². The van der Waals surface area contributed by atoms with Crippen molar-refractivity contribution in [2.45, 2.75) is 19.9 Å². The van der Waals surface area contributed by atoms with E-state index in [4.69, 9.17) is 11.6 Å². The van der Waals surface area contributed by atoms with Gasteiger partial charge in [0.2, 0.25) is 11.2 Å². The van der Waals surface area contributed by atoms with Gasteiger partial charge >= 0.3 is 5.69 Å². The van der Waals surface area contributed by atoms with E-state index in [0.717, 1.165) is 4.57 Å². The number of imidazole rings is 1. The zero-order valence-electron chi connectivity index (χ0n) is 12.0. The largest absolute Gasteiger partial charge is 0.356 e. The molecule has 0 aromatic carbocycles. The molecular formula is C12H16ClN5O3. The first-order valence-corrected chi connectivity index (χ1v) is 6.78. The molecule has 0 bridgehead atoms. The first-order valence-electron chi connectivity index (χ1n) is 6.40. The molecule has 0 aliphatic rings. The molecule has 0 atom stereocenters. The van der Waals surface area contributed by atoms with Crippen LogP contribution < -0.4 is 16.6 Å². The van der Waals surface area contributed by atoms with Crippen molar-refractivity contribution in [2.24, 2.45) is 14.1 Å². The summed E-state index contributed by atoms with van der Waals surface area (Å²) >= 11 is 6.06. The van der Waals surface area contributed by atoms with Crippen molar-refractivity contribution < 1.29 is 4.79 Å². The number of aromatic nitrogens is 4. The van der Waals surface area contributed by atoms with Gasteiger partial charge in [-0.1, -0.05) is 0 Å². The van der Waals surface area contributed by atoms with Gasteiger partial charge in [-0.25, -0.2) is 4.79 Å². The van der Waals surface area contributed by atoms with E-state index in [1.807, 2.05) is 0 Å². The third-order valence-corrected chi connectivity index (χ3v) is 3.52. The molecule has 9 heteroatoms. The van der Waals surface area contributed by atoms with Crippen LogP contribution in [-0.2, 0) is 25.4 Å². The second-order valence-electron chi connectivity index (χ2n) is 4.75. The van der Waals surface area contributed by atoms with E-state index in [1.54, 1.807) is 4.57 Å². The Kier molecular flexibility index (Phi) is 4.17. The van der Waals surface area contributed by atoms with Gasteiger partial charge in [0.25, 0.3) is 5.56 Å². The predicted octanol–water partition coefficient (Wildman–Crippen LogP) is -0.387. The molecule has 0 aliphatic heterocycles. The van der Waals surface area contributed by atoms with Gasteiger partial charge in [0, 0.05) is 34.1 Å². The van der Waals surface area contributed by atoms with E-state index in [1.165, 1.54) is 25.6 Å². The monoisotopic (exact) mass is 313 g/mol. The summed E-state index contributed by atoms with van der Waals surface area (Å²) in [7, 11) is 2.95. The fraction of sp³-hybridized carbons (Fsp3) is 0.500. The maximum absolute atomic E-state index is 12.2. The van der Waals surface area contributed by atoms with E-state index in [0.29, 0.717) is 19.5 Å². The van der Waals surface area contributed by atoms with Gasteiger partial charge < -0.3 is 9.88 Å². The van der Waals surface area contributed by atoms with Crippen LogP contribution in [0.1, 0.15) is 13.3 Å². The summed E-state index contributed by atoms with van der Waals surface area (Å²) in [5, 5.41) is 2.81. The number of amides is 1. The number of carbonyl (C=O) groups excluding carboxylic acids is 1. The number of aryl methyl sites for hydroxylation is 2. The molecule has 2 aromatic rings. The fourth-order valence-corrected chi connectivity index (χ4v) is 2.37. The molecule has 8 nitrogen and oxygen atoms in total. The van der Waals surface area contributed by atoms with Crippen molar-refractivity contribution in [3.63, 3.8) is 0 Å². The molecule has 114 valence electrons. The molecule has 0 saturated carbocycles. The zero-order chi connectivity index (χ0) is 15.7. The van der Waals surface area contributed by atoms with Gasteiger partial charge in [-0.2, -0.15) is 4.98 Å². The fourth-order valence-electron chi connectivity index (χ4n) is 2.13. The number of rotatable bonds is 4. The topological polar surface area (TPSA) is 90.9 Å². The van der Waals surface area contributed by atoms with Crippen molar-refractivity contribution in [3.05, 3.63) is 26.1 Å². The number of nitrogens with zero attached hydrogens (tertiary/aromatic N) is 4. The van der Waals surface area contributed by atoms with Crippen LogP contribution >= 0.6 is 11.6 Å². The minimum absolute atomic E-state index is 0.116. The Morgan fingerprint density at radius 3 is 2.57 bits per heavy atom. The molecule has 0 unspecified atom stereocenters. The third-order valence-electron chi connectivity index (χ3n) is 3.23. The molecule has 0 spiro atoms. The lowest BCUT2D eigenvalue weighted by atomic mass is 10.4. The molecule has 1 amide bonds. The lowest BCUT2D eigenvalue weighted by Gasteiger charge is -2.07. The Bertz CT molecular complexity index is 817. The van der Waals surface area contributed by atoms with Crippen LogP contribution in [0.2, 0.25) is 5.28 Å². The molecule has 1 N–H and O–H groups in total. The highest BCUT2D eigenvalue weighted by atomic mass is 35.5. The second kappa shape index (κ2) is 5.72. The molecule has 2 aromatic heterocycles. The average molecular weight is 314 g/mol. The van der Waals surface area contributed by atoms with Crippen molar-refractivity contribution in [3.8, 4) is 0 Å². The lowest BCUT2D eigenvalue weighted by Crippen LogP contribution is -2.37. The summed E-state index contributed by atoms with van der Waals surface area (Å²) in [4.78, 5) is 39.0. The number of hydrogen-bond donors (Lipinski definition) is 1. The Morgan fingerprint density at radius 2 is 1.95 bits per heavy atom. The molecule has 2 rings (SSSR count). The minimum atomic E-state index is -0.452. The normalized spacial score (nSPS) is 11.0. The van der Waals surface area contributed by atoms with E-state index in [2.05, 4.69) is 10.3 Å². The Morgan fingerprint density at radius 1 is 1.29 bits per heavy atom. The van der Waals surface area contributed by atoms with E-state index in [-0.39, 0.29) is 22.4 Å². The maximum atomic E-state index is 12.2. The second-order valence-corrected chi connectivity index (χ2v) is 5.09.